The van der Waals surface area contributed by atoms with Gasteiger partial charge in [0.2, 0.25) is 5.91 Å². The number of nitrogens with zero attached hydrogens (tertiary/aromatic N) is 1. The van der Waals surface area contributed by atoms with Gasteiger partial charge in [-0.05, 0) is 43.5 Å². The van der Waals surface area contributed by atoms with Crippen molar-refractivity contribution in [1.29, 1.82) is 0 Å². The lowest BCUT2D eigenvalue weighted by molar-refractivity contribution is -0.132. The second-order valence-electron chi connectivity index (χ2n) is 5.68. The number of thioether (sulfide) groups is 1. The summed E-state index contributed by atoms with van der Waals surface area (Å²) in [5, 5.41) is 0. The van der Waals surface area contributed by atoms with Gasteiger partial charge in [0.25, 0.3) is 0 Å². The zero-order chi connectivity index (χ0) is 16.7. The molecule has 0 spiro atoms. The van der Waals surface area contributed by atoms with Crippen molar-refractivity contribution in [3.8, 4) is 11.5 Å². The van der Waals surface area contributed by atoms with Crippen molar-refractivity contribution in [3.05, 3.63) is 18.2 Å². The molecule has 1 aromatic rings. The van der Waals surface area contributed by atoms with Gasteiger partial charge < -0.3 is 20.1 Å². The number of hydrogen-bond donors (Lipinski definition) is 1. The quantitative estimate of drug-likeness (QED) is 0.743. The van der Waals surface area contributed by atoms with Gasteiger partial charge in [-0.3, -0.25) is 4.79 Å². The van der Waals surface area contributed by atoms with Crippen LogP contribution in [0.15, 0.2) is 23.1 Å². The van der Waals surface area contributed by atoms with Crippen LogP contribution in [0.25, 0.3) is 0 Å². The average Bonchev–Trinajstić information content (AvgIpc) is 2.61. The normalized spacial score (nSPS) is 14.9. The molecule has 2 rings (SSSR count). The molecule has 7 heteroatoms. The van der Waals surface area contributed by atoms with Gasteiger partial charge >= 0.3 is 0 Å². The highest BCUT2D eigenvalue weighted by Gasteiger charge is 2.21. The third kappa shape index (κ3) is 5.76. The Morgan fingerprint density at radius 3 is 2.50 bits per heavy atom. The smallest absolute Gasteiger partial charge is 0.223 e. The fraction of sp³-hybridized carbons (Fsp3) is 0.588. The van der Waals surface area contributed by atoms with Crippen molar-refractivity contribution in [2.24, 2.45) is 11.7 Å². The first kappa shape index (κ1) is 20.9. The Labute approximate surface area is 154 Å². The number of nitrogens with two attached hydrogens (primary N) is 1. The lowest BCUT2D eigenvalue weighted by Crippen LogP contribution is -2.40. The van der Waals surface area contributed by atoms with Gasteiger partial charge in [-0.1, -0.05) is 0 Å². The van der Waals surface area contributed by atoms with E-state index in [4.69, 9.17) is 15.2 Å². The van der Waals surface area contributed by atoms with Gasteiger partial charge in [-0.15, -0.1) is 24.2 Å². The summed E-state index contributed by atoms with van der Waals surface area (Å²) in [6.45, 7) is 2.43. The largest absolute Gasteiger partial charge is 0.493 e. The maximum Gasteiger partial charge on any atom is 0.223 e. The van der Waals surface area contributed by atoms with Crippen LogP contribution in [0.2, 0.25) is 0 Å². The molecule has 1 heterocycles. The monoisotopic (exact) mass is 374 g/mol. The Hall–Kier alpha value is -1.11. The molecule has 24 heavy (non-hydrogen) atoms. The summed E-state index contributed by atoms with van der Waals surface area (Å²) in [4.78, 5) is 15.3. The molecular weight excluding hydrogens is 348 g/mol. The van der Waals surface area contributed by atoms with Crippen molar-refractivity contribution < 1.29 is 14.3 Å². The first-order valence-electron chi connectivity index (χ1n) is 8.00. The molecule has 2 N–H and O–H groups in total. The van der Waals surface area contributed by atoms with Crippen molar-refractivity contribution in [1.82, 2.24) is 4.90 Å². The molecule has 0 aromatic heterocycles. The molecule has 0 saturated carbocycles. The molecule has 0 radical (unpaired) electrons. The number of carbonyl (C=O) groups excluding carboxylic acids is 1. The van der Waals surface area contributed by atoms with Crippen LogP contribution in [0.4, 0.5) is 0 Å². The van der Waals surface area contributed by atoms with Gasteiger partial charge in [0, 0.05) is 30.2 Å². The summed E-state index contributed by atoms with van der Waals surface area (Å²) < 4.78 is 10.5. The number of carbonyl (C=O) groups is 1. The van der Waals surface area contributed by atoms with Gasteiger partial charge in [-0.2, -0.15) is 0 Å². The van der Waals surface area contributed by atoms with E-state index >= 15 is 0 Å². The number of halogens is 1. The van der Waals surface area contributed by atoms with E-state index in [0.29, 0.717) is 18.1 Å². The van der Waals surface area contributed by atoms with E-state index in [1.54, 1.807) is 26.0 Å². The van der Waals surface area contributed by atoms with E-state index in [0.717, 1.165) is 48.9 Å². The summed E-state index contributed by atoms with van der Waals surface area (Å²) in [7, 11) is 3.25. The topological polar surface area (TPSA) is 64.8 Å². The van der Waals surface area contributed by atoms with E-state index in [2.05, 4.69) is 0 Å². The van der Waals surface area contributed by atoms with Gasteiger partial charge in [0.1, 0.15) is 0 Å². The minimum Gasteiger partial charge on any atom is -0.493 e. The zero-order valence-corrected chi connectivity index (χ0v) is 16.0. The highest BCUT2D eigenvalue weighted by molar-refractivity contribution is 7.99. The highest BCUT2D eigenvalue weighted by Crippen LogP contribution is 2.32. The summed E-state index contributed by atoms with van der Waals surface area (Å²) in [5.41, 5.74) is 5.69. The van der Waals surface area contributed by atoms with E-state index in [1.807, 2.05) is 23.1 Å². The third-order valence-electron chi connectivity index (χ3n) is 4.24. The molecule has 0 unspecified atom stereocenters. The van der Waals surface area contributed by atoms with Crippen LogP contribution in [0.1, 0.15) is 19.3 Å². The molecular formula is C17H27ClN2O3S. The predicted octanol–water partition coefficient (Wildman–Crippen LogP) is 2.81. The van der Waals surface area contributed by atoms with Gasteiger partial charge in [0.05, 0.1) is 14.2 Å². The number of benzene rings is 1. The van der Waals surface area contributed by atoms with E-state index in [9.17, 15) is 4.79 Å². The predicted molar refractivity (Wildman–Crippen MR) is 100 cm³/mol. The van der Waals surface area contributed by atoms with Crippen LogP contribution < -0.4 is 15.2 Å². The Bertz CT molecular complexity index is 523. The molecule has 1 aromatic carbocycles. The summed E-state index contributed by atoms with van der Waals surface area (Å²) >= 11 is 1.66. The highest BCUT2D eigenvalue weighted by atomic mass is 35.5. The molecule has 1 fully saturated rings. The first-order chi connectivity index (χ1) is 11.2. The Kier molecular flexibility index (Phi) is 9.33. The minimum absolute atomic E-state index is 0. The van der Waals surface area contributed by atoms with Crippen molar-refractivity contribution in [3.63, 3.8) is 0 Å². The van der Waals surface area contributed by atoms with Crippen molar-refractivity contribution >= 4 is 30.1 Å². The second kappa shape index (κ2) is 10.7. The molecule has 136 valence electrons. The van der Waals surface area contributed by atoms with E-state index < -0.39 is 0 Å². The van der Waals surface area contributed by atoms with Gasteiger partial charge in [0.15, 0.2) is 11.5 Å². The molecule has 1 saturated heterocycles. The SMILES string of the molecule is COc1ccc(SCCC(=O)N2CCC(CN)CC2)cc1OC.Cl. The maximum atomic E-state index is 12.2. The molecule has 1 amide bonds. The molecule has 5 nitrogen and oxygen atoms in total. The Morgan fingerprint density at radius 2 is 1.92 bits per heavy atom. The lowest BCUT2D eigenvalue weighted by atomic mass is 9.97. The fourth-order valence-corrected chi connectivity index (χ4v) is 3.61. The Morgan fingerprint density at radius 1 is 1.25 bits per heavy atom. The van der Waals surface area contributed by atoms with Crippen LogP contribution in [0.3, 0.4) is 0 Å². The number of piperidine rings is 1. The number of rotatable bonds is 7. The number of ether oxygens (including phenoxy) is 2. The lowest BCUT2D eigenvalue weighted by Gasteiger charge is -2.31. The van der Waals surface area contributed by atoms with Crippen molar-refractivity contribution in [2.75, 3.05) is 39.6 Å². The third-order valence-corrected chi connectivity index (χ3v) is 5.24. The first-order valence-corrected chi connectivity index (χ1v) is 8.99. The van der Waals surface area contributed by atoms with Crippen LogP contribution >= 0.6 is 24.2 Å². The standard InChI is InChI=1S/C17H26N2O3S.ClH/c1-21-15-4-3-14(11-16(15)22-2)23-10-7-17(20)19-8-5-13(12-18)6-9-19;/h3-4,11,13H,5-10,12,18H2,1-2H3;1H. The molecule has 0 bridgehead atoms. The summed E-state index contributed by atoms with van der Waals surface area (Å²) in [6, 6.07) is 5.82. The number of hydrogen-bond acceptors (Lipinski definition) is 5. The molecule has 1 aliphatic heterocycles. The van der Waals surface area contributed by atoms with Crippen molar-refractivity contribution in [2.45, 2.75) is 24.2 Å². The van der Waals surface area contributed by atoms with Crippen LogP contribution in [-0.4, -0.2) is 50.4 Å². The maximum absolute atomic E-state index is 12.2. The van der Waals surface area contributed by atoms with Crippen LogP contribution in [0, 0.1) is 5.92 Å². The van der Waals surface area contributed by atoms with E-state index in [1.165, 1.54) is 0 Å². The fourth-order valence-electron chi connectivity index (χ4n) is 2.74. The second-order valence-corrected chi connectivity index (χ2v) is 6.84. The van der Waals surface area contributed by atoms with Gasteiger partial charge in [-0.25, -0.2) is 0 Å². The zero-order valence-electron chi connectivity index (χ0n) is 14.3. The number of likely N-dealkylation sites (tertiary alicyclic amines) is 1. The summed E-state index contributed by atoms with van der Waals surface area (Å²) in [6.07, 6.45) is 2.63. The number of amides is 1. The molecule has 0 aliphatic carbocycles. The van der Waals surface area contributed by atoms with E-state index in [-0.39, 0.29) is 18.3 Å². The van der Waals surface area contributed by atoms with Crippen LogP contribution in [0.5, 0.6) is 11.5 Å². The average molecular weight is 375 g/mol. The number of methoxy groups -OCH3 is 2. The minimum atomic E-state index is 0. The Balaban J connectivity index is 0.00000288. The summed E-state index contributed by atoms with van der Waals surface area (Å²) in [5.74, 6) is 3.03. The molecule has 0 atom stereocenters. The molecule has 1 aliphatic rings. The van der Waals surface area contributed by atoms with Crippen LogP contribution in [-0.2, 0) is 4.79 Å².